The maximum Gasteiger partial charge on any atom is 0.245 e. The number of amides is 1. The molecule has 90 valence electrons. The summed E-state index contributed by atoms with van der Waals surface area (Å²) in [5.41, 5.74) is 9.18. The van der Waals surface area contributed by atoms with Crippen molar-refractivity contribution in [2.24, 2.45) is 0 Å². The first-order valence-electron chi connectivity index (χ1n) is 6.07. The second-order valence-corrected chi connectivity index (χ2v) is 4.85. The average Bonchev–Trinajstić information content (AvgIpc) is 2.86. The van der Waals surface area contributed by atoms with Gasteiger partial charge in [-0.25, -0.2) is 0 Å². The molecule has 0 aromatic heterocycles. The second-order valence-electron chi connectivity index (χ2n) is 4.85. The molecule has 3 rings (SSSR count). The van der Waals surface area contributed by atoms with Gasteiger partial charge in [-0.05, 0) is 25.0 Å². The minimum atomic E-state index is 0.0167. The third kappa shape index (κ3) is 1.47. The summed E-state index contributed by atoms with van der Waals surface area (Å²) in [5.74, 6) is 0.236. The fraction of sp³-hybridized carbons (Fsp3) is 0.462. The van der Waals surface area contributed by atoms with Gasteiger partial charge in [-0.15, -0.1) is 0 Å². The highest BCUT2D eigenvalue weighted by molar-refractivity contribution is 5.88. The number of nitrogen functional groups attached to an aromatic ring is 1. The molecule has 0 radical (unpaired) electrons. The number of nitrogens with zero attached hydrogens (tertiary/aromatic N) is 2. The highest BCUT2D eigenvalue weighted by Crippen LogP contribution is 2.35. The first-order valence-corrected chi connectivity index (χ1v) is 6.07. The molecule has 2 aliphatic rings. The molecule has 17 heavy (non-hydrogen) atoms. The topological polar surface area (TPSA) is 49.6 Å². The van der Waals surface area contributed by atoms with Crippen molar-refractivity contribution >= 4 is 17.3 Å². The average molecular weight is 231 g/mol. The van der Waals surface area contributed by atoms with Crippen LogP contribution in [0.25, 0.3) is 0 Å². The molecule has 1 unspecified atom stereocenters. The number of carbonyl (C=O) groups excluding carboxylic acids is 1. The van der Waals surface area contributed by atoms with Crippen molar-refractivity contribution in [3.05, 3.63) is 23.8 Å². The molecular weight excluding hydrogens is 214 g/mol. The molecular formula is C13H17N3O. The minimum Gasteiger partial charge on any atom is -0.398 e. The van der Waals surface area contributed by atoms with E-state index in [-0.39, 0.29) is 11.9 Å². The van der Waals surface area contributed by atoms with E-state index in [1.165, 1.54) is 5.56 Å². The Bertz CT molecular complexity index is 472. The lowest BCUT2D eigenvalue weighted by molar-refractivity contribution is -0.127. The van der Waals surface area contributed by atoms with Gasteiger partial charge in [0.15, 0.2) is 0 Å². The normalized spacial score (nSPS) is 23.4. The molecule has 1 aromatic carbocycles. The fourth-order valence-corrected chi connectivity index (χ4v) is 2.90. The Morgan fingerprint density at radius 3 is 2.88 bits per heavy atom. The van der Waals surface area contributed by atoms with Gasteiger partial charge in [-0.3, -0.25) is 4.79 Å². The maximum absolute atomic E-state index is 12.0. The monoisotopic (exact) mass is 231 g/mol. The van der Waals surface area contributed by atoms with Crippen molar-refractivity contribution in [1.82, 2.24) is 4.90 Å². The standard InChI is InChI=1S/C13H17N3O/c1-15-7-6-12(13(15)17)16-8-5-9-10(14)3-2-4-11(9)16/h2-4,12H,5-8,14H2,1H3. The molecule has 2 heterocycles. The van der Waals surface area contributed by atoms with Crippen LogP contribution in [-0.2, 0) is 11.2 Å². The summed E-state index contributed by atoms with van der Waals surface area (Å²) in [6, 6.07) is 5.99. The van der Waals surface area contributed by atoms with E-state index >= 15 is 0 Å². The Morgan fingerprint density at radius 1 is 1.35 bits per heavy atom. The maximum atomic E-state index is 12.0. The zero-order valence-corrected chi connectivity index (χ0v) is 10.0. The molecule has 2 N–H and O–H groups in total. The number of benzene rings is 1. The first-order chi connectivity index (χ1) is 8.18. The number of fused-ring (bicyclic) bond motifs is 1. The number of likely N-dealkylation sites (tertiary alicyclic amines) is 1. The minimum absolute atomic E-state index is 0.0167. The van der Waals surface area contributed by atoms with E-state index in [2.05, 4.69) is 11.0 Å². The van der Waals surface area contributed by atoms with Gasteiger partial charge in [0.25, 0.3) is 0 Å². The van der Waals surface area contributed by atoms with E-state index in [0.717, 1.165) is 37.3 Å². The van der Waals surface area contributed by atoms with E-state index in [4.69, 9.17) is 5.73 Å². The van der Waals surface area contributed by atoms with Gasteiger partial charge < -0.3 is 15.5 Å². The van der Waals surface area contributed by atoms with Gasteiger partial charge >= 0.3 is 0 Å². The molecule has 0 spiro atoms. The fourth-order valence-electron chi connectivity index (χ4n) is 2.90. The molecule has 4 nitrogen and oxygen atoms in total. The van der Waals surface area contributed by atoms with Crippen LogP contribution < -0.4 is 10.6 Å². The molecule has 0 saturated carbocycles. The lowest BCUT2D eigenvalue weighted by atomic mass is 10.1. The summed E-state index contributed by atoms with van der Waals surface area (Å²) >= 11 is 0. The molecule has 1 atom stereocenters. The van der Waals surface area contributed by atoms with E-state index < -0.39 is 0 Å². The zero-order valence-electron chi connectivity index (χ0n) is 10.0. The third-order valence-corrected chi connectivity index (χ3v) is 3.88. The van der Waals surface area contributed by atoms with Crippen molar-refractivity contribution in [2.45, 2.75) is 18.9 Å². The van der Waals surface area contributed by atoms with E-state index in [9.17, 15) is 4.79 Å². The van der Waals surface area contributed by atoms with Crippen LogP contribution in [0.2, 0.25) is 0 Å². The van der Waals surface area contributed by atoms with Gasteiger partial charge in [0.1, 0.15) is 6.04 Å². The zero-order chi connectivity index (χ0) is 12.0. The summed E-state index contributed by atoms with van der Waals surface area (Å²) in [5, 5.41) is 0. The van der Waals surface area contributed by atoms with Gasteiger partial charge in [0.05, 0.1) is 0 Å². The Morgan fingerprint density at radius 2 is 2.18 bits per heavy atom. The summed E-state index contributed by atoms with van der Waals surface area (Å²) in [4.78, 5) is 16.1. The Kier molecular flexibility index (Phi) is 2.24. The summed E-state index contributed by atoms with van der Waals surface area (Å²) in [7, 11) is 1.87. The Hall–Kier alpha value is -1.71. The van der Waals surface area contributed by atoms with E-state index in [1.807, 2.05) is 24.1 Å². The molecule has 4 heteroatoms. The smallest absolute Gasteiger partial charge is 0.245 e. The van der Waals surface area contributed by atoms with Crippen molar-refractivity contribution in [1.29, 1.82) is 0 Å². The quantitative estimate of drug-likeness (QED) is 0.729. The molecule has 1 saturated heterocycles. The van der Waals surface area contributed by atoms with Crippen LogP contribution in [0.15, 0.2) is 18.2 Å². The number of anilines is 2. The highest BCUT2D eigenvalue weighted by atomic mass is 16.2. The molecule has 2 aliphatic heterocycles. The van der Waals surface area contributed by atoms with Crippen molar-refractivity contribution in [2.75, 3.05) is 30.8 Å². The molecule has 1 amide bonds. The largest absolute Gasteiger partial charge is 0.398 e. The third-order valence-electron chi connectivity index (χ3n) is 3.88. The van der Waals surface area contributed by atoms with Gasteiger partial charge in [0.2, 0.25) is 5.91 Å². The molecule has 1 aromatic rings. The number of hydrogen-bond acceptors (Lipinski definition) is 3. The van der Waals surface area contributed by atoms with Crippen molar-refractivity contribution < 1.29 is 4.79 Å². The number of nitrogens with two attached hydrogens (primary N) is 1. The van der Waals surface area contributed by atoms with Crippen LogP contribution >= 0.6 is 0 Å². The summed E-state index contributed by atoms with van der Waals surface area (Å²) in [6.07, 6.45) is 1.87. The first kappa shape index (κ1) is 10.4. The Labute approximate surface area is 101 Å². The van der Waals surface area contributed by atoms with E-state index in [1.54, 1.807) is 0 Å². The molecule has 0 aliphatic carbocycles. The molecule has 0 bridgehead atoms. The number of rotatable bonds is 1. The predicted octanol–water partition coefficient (Wildman–Crippen LogP) is 0.862. The molecule has 1 fully saturated rings. The number of hydrogen-bond donors (Lipinski definition) is 1. The van der Waals surface area contributed by atoms with Crippen LogP contribution in [-0.4, -0.2) is 37.0 Å². The predicted molar refractivity (Wildman–Crippen MR) is 67.9 cm³/mol. The van der Waals surface area contributed by atoms with Crippen LogP contribution in [0.4, 0.5) is 11.4 Å². The lowest BCUT2D eigenvalue weighted by Gasteiger charge is -2.25. The number of likely N-dealkylation sites (N-methyl/N-ethyl adjacent to an activating group) is 1. The van der Waals surface area contributed by atoms with Gasteiger partial charge in [-0.2, -0.15) is 0 Å². The Balaban J connectivity index is 1.94. The summed E-state index contributed by atoms with van der Waals surface area (Å²) in [6.45, 7) is 1.77. The summed E-state index contributed by atoms with van der Waals surface area (Å²) < 4.78 is 0. The van der Waals surface area contributed by atoms with E-state index in [0.29, 0.717) is 0 Å². The van der Waals surface area contributed by atoms with Crippen LogP contribution in [0.1, 0.15) is 12.0 Å². The second kappa shape index (κ2) is 3.65. The van der Waals surface area contributed by atoms with Crippen molar-refractivity contribution in [3.8, 4) is 0 Å². The van der Waals surface area contributed by atoms with Gasteiger partial charge in [0, 0.05) is 37.1 Å². The van der Waals surface area contributed by atoms with Crippen molar-refractivity contribution in [3.63, 3.8) is 0 Å². The number of carbonyl (C=O) groups is 1. The highest BCUT2D eigenvalue weighted by Gasteiger charge is 2.37. The van der Waals surface area contributed by atoms with Gasteiger partial charge in [-0.1, -0.05) is 6.07 Å². The van der Waals surface area contributed by atoms with Crippen LogP contribution in [0.3, 0.4) is 0 Å². The van der Waals surface area contributed by atoms with Crippen LogP contribution in [0, 0.1) is 0 Å². The SMILES string of the molecule is CN1CCC(N2CCc3c(N)cccc32)C1=O. The lowest BCUT2D eigenvalue weighted by Crippen LogP contribution is -2.40. The van der Waals surface area contributed by atoms with Crippen LogP contribution in [0.5, 0.6) is 0 Å².